The first-order valence-corrected chi connectivity index (χ1v) is 6.31. The van der Waals surface area contributed by atoms with Crippen molar-refractivity contribution in [3.63, 3.8) is 0 Å². The highest BCUT2D eigenvalue weighted by Gasteiger charge is 2.21. The topological polar surface area (TPSA) is 110 Å². The van der Waals surface area contributed by atoms with E-state index < -0.39 is 15.0 Å². The predicted octanol–water partition coefficient (Wildman–Crippen LogP) is 0.120. The van der Waals surface area contributed by atoms with Crippen LogP contribution in [0, 0.1) is 11.3 Å². The molecule has 0 aliphatic rings. The van der Waals surface area contributed by atoms with Gasteiger partial charge in [-0.15, -0.1) is 5.10 Å². The summed E-state index contributed by atoms with van der Waals surface area (Å²) in [6, 6.07) is 1.83. The Morgan fingerprint density at radius 2 is 1.94 bits per heavy atom. The number of nitrogens with zero attached hydrogens (tertiary/aromatic N) is 3. The van der Waals surface area contributed by atoms with E-state index in [9.17, 15) is 8.42 Å². The van der Waals surface area contributed by atoms with Crippen LogP contribution in [0.3, 0.4) is 0 Å². The Kier molecular flexibility index (Phi) is 3.57. The number of hydrogen-bond donors (Lipinski definition) is 1. The Bertz CT molecular complexity index is 545. The van der Waals surface area contributed by atoms with Crippen molar-refractivity contribution in [2.24, 2.45) is 5.14 Å². The highest BCUT2D eigenvalue weighted by atomic mass is 32.2. The van der Waals surface area contributed by atoms with E-state index in [1.807, 2.05) is 19.9 Å². The van der Waals surface area contributed by atoms with Crippen LogP contribution in [-0.4, -0.2) is 18.6 Å². The number of nitrogens with two attached hydrogens (primary N) is 1. The van der Waals surface area contributed by atoms with E-state index in [1.54, 1.807) is 0 Å². The van der Waals surface area contributed by atoms with Gasteiger partial charge in [0.25, 0.3) is 10.0 Å². The van der Waals surface area contributed by atoms with Gasteiger partial charge in [0.05, 0.1) is 11.3 Å². The smallest absolute Gasteiger partial charge is 0.223 e. The summed E-state index contributed by atoms with van der Waals surface area (Å²) < 4.78 is 22.4. The first-order chi connectivity index (χ1) is 7.45. The van der Waals surface area contributed by atoms with Crippen molar-refractivity contribution < 1.29 is 8.42 Å². The Morgan fingerprint density at radius 3 is 2.31 bits per heavy atom. The lowest BCUT2D eigenvalue weighted by molar-refractivity contribution is 0.590. The maximum Gasteiger partial charge on any atom is 0.258 e. The maximum atomic E-state index is 11.2. The molecular formula is C9H12N4O2S. The van der Waals surface area contributed by atoms with Gasteiger partial charge in [0, 0.05) is 0 Å². The van der Waals surface area contributed by atoms with E-state index in [-0.39, 0.29) is 5.56 Å². The fraction of sp³-hybridized carbons (Fsp3) is 0.444. The van der Waals surface area contributed by atoms with E-state index >= 15 is 0 Å². The van der Waals surface area contributed by atoms with Crippen LogP contribution in [0.25, 0.3) is 0 Å². The minimum Gasteiger partial charge on any atom is -0.223 e. The van der Waals surface area contributed by atoms with Crippen LogP contribution < -0.4 is 5.14 Å². The summed E-state index contributed by atoms with van der Waals surface area (Å²) in [5.41, 5.74) is 1.24. The summed E-state index contributed by atoms with van der Waals surface area (Å²) in [6.45, 7) is 3.69. The van der Waals surface area contributed by atoms with Crippen molar-refractivity contribution in [1.29, 1.82) is 5.26 Å². The van der Waals surface area contributed by atoms with Crippen LogP contribution in [-0.2, 0) is 22.9 Å². The van der Waals surface area contributed by atoms with E-state index in [0.29, 0.717) is 24.1 Å². The number of hydrogen-bond acceptors (Lipinski definition) is 5. The molecule has 0 spiro atoms. The van der Waals surface area contributed by atoms with Gasteiger partial charge in [-0.25, -0.2) is 13.6 Å². The van der Waals surface area contributed by atoms with Gasteiger partial charge >= 0.3 is 0 Å². The molecule has 0 saturated carbocycles. The van der Waals surface area contributed by atoms with Gasteiger partial charge in [-0.1, -0.05) is 13.8 Å². The van der Waals surface area contributed by atoms with Crippen LogP contribution in [0.15, 0.2) is 5.03 Å². The third-order valence-corrected chi connectivity index (χ3v) is 3.02. The Balaban J connectivity index is 3.65. The molecule has 1 rings (SSSR count). The molecule has 0 aromatic carbocycles. The van der Waals surface area contributed by atoms with Crippen molar-refractivity contribution in [2.75, 3.05) is 0 Å². The summed E-state index contributed by atoms with van der Waals surface area (Å²) in [4.78, 5) is 0. The van der Waals surface area contributed by atoms with Gasteiger partial charge in [-0.05, 0) is 18.4 Å². The minimum absolute atomic E-state index is 0.0110. The van der Waals surface area contributed by atoms with E-state index in [4.69, 9.17) is 10.4 Å². The normalized spacial score (nSPS) is 11.1. The van der Waals surface area contributed by atoms with Crippen LogP contribution >= 0.6 is 0 Å². The van der Waals surface area contributed by atoms with Crippen molar-refractivity contribution in [1.82, 2.24) is 10.2 Å². The van der Waals surface area contributed by atoms with Crippen LogP contribution in [0.5, 0.6) is 0 Å². The SMILES string of the molecule is CCc1nnc(S(N)(=O)=O)c(C#N)c1CC. The third kappa shape index (κ3) is 2.18. The van der Waals surface area contributed by atoms with Gasteiger partial charge in [-0.2, -0.15) is 10.4 Å². The first-order valence-electron chi connectivity index (χ1n) is 4.77. The number of rotatable bonds is 3. The van der Waals surface area contributed by atoms with E-state index in [1.165, 1.54) is 0 Å². The number of aryl methyl sites for hydroxylation is 1. The summed E-state index contributed by atoms with van der Waals surface area (Å²) in [5.74, 6) is 0. The van der Waals surface area contributed by atoms with Crippen molar-refractivity contribution in [3.05, 3.63) is 16.8 Å². The second-order valence-electron chi connectivity index (χ2n) is 3.17. The molecule has 0 amide bonds. The highest BCUT2D eigenvalue weighted by molar-refractivity contribution is 7.89. The van der Waals surface area contributed by atoms with E-state index in [2.05, 4.69) is 10.2 Å². The number of nitriles is 1. The molecule has 1 aromatic heterocycles. The molecule has 0 aliphatic carbocycles. The zero-order chi connectivity index (χ0) is 12.3. The maximum absolute atomic E-state index is 11.2. The van der Waals surface area contributed by atoms with Crippen molar-refractivity contribution in [2.45, 2.75) is 31.7 Å². The molecule has 0 fully saturated rings. The van der Waals surface area contributed by atoms with Gasteiger partial charge in [0.15, 0.2) is 0 Å². The lowest BCUT2D eigenvalue weighted by Crippen LogP contribution is -2.19. The molecular weight excluding hydrogens is 228 g/mol. The predicted molar refractivity (Wildman–Crippen MR) is 56.9 cm³/mol. The molecule has 0 radical (unpaired) electrons. The Morgan fingerprint density at radius 1 is 1.31 bits per heavy atom. The number of primary sulfonamides is 1. The fourth-order valence-corrected chi connectivity index (χ4v) is 2.08. The molecule has 1 heterocycles. The summed E-state index contributed by atoms with van der Waals surface area (Å²) in [7, 11) is -4.00. The zero-order valence-electron chi connectivity index (χ0n) is 9.06. The second-order valence-corrected chi connectivity index (χ2v) is 4.65. The van der Waals surface area contributed by atoms with Crippen LogP contribution in [0.2, 0.25) is 0 Å². The van der Waals surface area contributed by atoms with E-state index in [0.717, 1.165) is 0 Å². The molecule has 0 unspecified atom stereocenters. The molecule has 0 atom stereocenters. The summed E-state index contributed by atoms with van der Waals surface area (Å²) >= 11 is 0. The molecule has 1 aromatic rings. The molecule has 0 aliphatic heterocycles. The molecule has 0 saturated heterocycles. The van der Waals surface area contributed by atoms with Crippen LogP contribution in [0.1, 0.15) is 30.7 Å². The molecule has 6 nitrogen and oxygen atoms in total. The van der Waals surface area contributed by atoms with Gasteiger partial charge in [-0.3, -0.25) is 0 Å². The molecule has 0 bridgehead atoms. The molecule has 86 valence electrons. The lowest BCUT2D eigenvalue weighted by Gasteiger charge is -2.08. The van der Waals surface area contributed by atoms with Gasteiger partial charge in [0.1, 0.15) is 6.07 Å². The third-order valence-electron chi connectivity index (χ3n) is 2.20. The first kappa shape index (κ1) is 12.5. The largest absolute Gasteiger partial charge is 0.258 e. The van der Waals surface area contributed by atoms with Gasteiger partial charge < -0.3 is 0 Å². The van der Waals surface area contributed by atoms with Crippen molar-refractivity contribution in [3.8, 4) is 6.07 Å². The second kappa shape index (κ2) is 4.55. The summed E-state index contributed by atoms with van der Waals surface area (Å²) in [6.07, 6.45) is 1.11. The fourth-order valence-electron chi connectivity index (χ4n) is 1.47. The Labute approximate surface area is 94.2 Å². The minimum atomic E-state index is -4.00. The zero-order valence-corrected chi connectivity index (χ0v) is 9.87. The van der Waals surface area contributed by atoms with Crippen LogP contribution in [0.4, 0.5) is 0 Å². The lowest BCUT2D eigenvalue weighted by atomic mass is 10.1. The quantitative estimate of drug-likeness (QED) is 0.806. The number of aromatic nitrogens is 2. The van der Waals surface area contributed by atoms with Gasteiger partial charge in [0.2, 0.25) is 5.03 Å². The summed E-state index contributed by atoms with van der Waals surface area (Å²) in [5, 5.41) is 20.8. The standard InChI is InChI=1S/C9H12N4O2S/c1-3-6-7(5-10)9(16(11,14)15)13-12-8(6)4-2/h3-4H2,1-2H3,(H2,11,14,15). The number of sulfonamides is 1. The van der Waals surface area contributed by atoms with Crippen molar-refractivity contribution >= 4 is 10.0 Å². The average molecular weight is 240 g/mol. The molecule has 16 heavy (non-hydrogen) atoms. The monoisotopic (exact) mass is 240 g/mol. The highest BCUT2D eigenvalue weighted by Crippen LogP contribution is 2.18. The molecule has 7 heteroatoms. The Hall–Kier alpha value is -1.52. The molecule has 2 N–H and O–H groups in total. The average Bonchev–Trinajstić information content (AvgIpc) is 2.25.